The maximum absolute atomic E-state index is 6.12. The van der Waals surface area contributed by atoms with Gasteiger partial charge in [-0.05, 0) is 23.8 Å². The van der Waals surface area contributed by atoms with Gasteiger partial charge in [-0.2, -0.15) is 0 Å². The molecule has 5 rings (SSSR count). The smallest absolute Gasteiger partial charge is 0.231 e. The third kappa shape index (κ3) is 3.05. The van der Waals surface area contributed by atoms with E-state index in [4.69, 9.17) is 14.9 Å². The number of hydrogen-bond acceptors (Lipinski definition) is 7. The van der Waals surface area contributed by atoms with Gasteiger partial charge in [-0.1, -0.05) is 12.1 Å². The number of nitrogens with two attached hydrogens (primary N) is 1. The molecule has 4 heterocycles. The fraction of sp³-hybridized carbons (Fsp3) is 0.190. The zero-order chi connectivity index (χ0) is 18.9. The quantitative estimate of drug-likeness (QED) is 0.589. The van der Waals surface area contributed by atoms with Gasteiger partial charge < -0.3 is 19.8 Å². The van der Waals surface area contributed by atoms with Crippen molar-refractivity contribution >= 4 is 22.6 Å². The maximum Gasteiger partial charge on any atom is 0.231 e. The summed E-state index contributed by atoms with van der Waals surface area (Å²) in [6, 6.07) is 12.2. The Hall–Kier alpha value is -3.45. The Morgan fingerprint density at radius 2 is 1.89 bits per heavy atom. The minimum Gasteiger partial charge on any atom is -0.436 e. The number of nitrogen functional groups attached to an aromatic ring is 1. The van der Waals surface area contributed by atoms with Crippen LogP contribution in [0.5, 0.6) is 0 Å². The Morgan fingerprint density at radius 1 is 1.00 bits per heavy atom. The number of aromatic nitrogens is 3. The highest BCUT2D eigenvalue weighted by Gasteiger charge is 2.15. The first-order valence-corrected chi connectivity index (χ1v) is 9.17. The van der Waals surface area contributed by atoms with Gasteiger partial charge in [0.15, 0.2) is 5.58 Å². The second kappa shape index (κ2) is 6.94. The number of benzene rings is 1. The summed E-state index contributed by atoms with van der Waals surface area (Å²) in [4.78, 5) is 15.3. The van der Waals surface area contributed by atoms with Crippen molar-refractivity contribution in [1.82, 2.24) is 15.0 Å². The van der Waals surface area contributed by atoms with Crippen LogP contribution in [0.25, 0.3) is 33.7 Å². The van der Waals surface area contributed by atoms with E-state index in [-0.39, 0.29) is 0 Å². The fourth-order valence-electron chi connectivity index (χ4n) is 3.40. The van der Waals surface area contributed by atoms with E-state index in [2.05, 4.69) is 44.1 Å². The Morgan fingerprint density at radius 3 is 2.75 bits per heavy atom. The Bertz CT molecular complexity index is 1100. The molecule has 3 aromatic heterocycles. The van der Waals surface area contributed by atoms with Gasteiger partial charge >= 0.3 is 0 Å². The predicted molar refractivity (Wildman–Crippen MR) is 108 cm³/mol. The van der Waals surface area contributed by atoms with E-state index in [0.717, 1.165) is 37.4 Å². The van der Waals surface area contributed by atoms with Gasteiger partial charge in [-0.3, -0.25) is 4.98 Å². The standard InChI is InChI=1S/C21H19N5O2/c22-20-17(21-25-18-13-23-5-4-19(18)28-21)11-15(12-24-20)14-2-1-3-16(10-14)26-6-8-27-9-7-26/h1-5,10-13H,6-9H2,(H2,22,24). The van der Waals surface area contributed by atoms with E-state index in [1.54, 1.807) is 24.7 Å². The number of morpholine rings is 1. The first-order chi connectivity index (χ1) is 13.8. The van der Waals surface area contributed by atoms with E-state index >= 15 is 0 Å². The van der Waals surface area contributed by atoms with Gasteiger partial charge in [-0.25, -0.2) is 9.97 Å². The number of rotatable bonds is 3. The second-order valence-corrected chi connectivity index (χ2v) is 6.67. The van der Waals surface area contributed by atoms with Gasteiger partial charge in [0.1, 0.15) is 11.3 Å². The predicted octanol–water partition coefficient (Wildman–Crippen LogP) is 3.37. The summed E-state index contributed by atoms with van der Waals surface area (Å²) in [5, 5.41) is 0. The minimum absolute atomic E-state index is 0.382. The molecule has 0 spiro atoms. The monoisotopic (exact) mass is 373 g/mol. The summed E-state index contributed by atoms with van der Waals surface area (Å²) in [5.41, 5.74) is 11.3. The van der Waals surface area contributed by atoms with E-state index in [1.807, 2.05) is 6.07 Å². The molecular weight excluding hydrogens is 354 g/mol. The summed E-state index contributed by atoms with van der Waals surface area (Å²) >= 11 is 0. The van der Waals surface area contributed by atoms with Gasteiger partial charge in [0.25, 0.3) is 0 Å². The lowest BCUT2D eigenvalue weighted by molar-refractivity contribution is 0.122. The Balaban J connectivity index is 1.54. The molecule has 1 fully saturated rings. The number of ether oxygens (including phenoxy) is 1. The summed E-state index contributed by atoms with van der Waals surface area (Å²) in [6.45, 7) is 3.30. The number of oxazole rings is 1. The van der Waals surface area contributed by atoms with Crippen LogP contribution in [-0.2, 0) is 4.74 Å². The van der Waals surface area contributed by atoms with Crippen molar-refractivity contribution in [3.8, 4) is 22.6 Å². The van der Waals surface area contributed by atoms with Crippen LogP contribution >= 0.6 is 0 Å². The van der Waals surface area contributed by atoms with Crippen molar-refractivity contribution in [2.45, 2.75) is 0 Å². The van der Waals surface area contributed by atoms with E-state index in [1.165, 1.54) is 5.69 Å². The molecule has 0 unspecified atom stereocenters. The molecule has 2 N–H and O–H groups in total. The summed E-state index contributed by atoms with van der Waals surface area (Å²) < 4.78 is 11.3. The number of pyridine rings is 2. The minimum atomic E-state index is 0.382. The molecule has 0 aliphatic carbocycles. The number of hydrogen-bond donors (Lipinski definition) is 1. The molecule has 1 aromatic carbocycles. The maximum atomic E-state index is 6.12. The average Bonchev–Trinajstić information content (AvgIpc) is 3.19. The van der Waals surface area contributed by atoms with Crippen LogP contribution in [-0.4, -0.2) is 41.3 Å². The third-order valence-electron chi connectivity index (χ3n) is 4.89. The fourth-order valence-corrected chi connectivity index (χ4v) is 3.40. The normalized spacial score (nSPS) is 14.5. The summed E-state index contributed by atoms with van der Waals surface area (Å²) in [6.07, 6.45) is 5.12. The van der Waals surface area contributed by atoms with Gasteiger partial charge in [-0.15, -0.1) is 0 Å². The van der Waals surface area contributed by atoms with Crippen molar-refractivity contribution in [3.63, 3.8) is 0 Å². The average molecular weight is 373 g/mol. The van der Waals surface area contributed by atoms with Crippen LogP contribution in [0.2, 0.25) is 0 Å². The first-order valence-electron chi connectivity index (χ1n) is 9.17. The van der Waals surface area contributed by atoms with Crippen molar-refractivity contribution in [2.75, 3.05) is 36.9 Å². The van der Waals surface area contributed by atoms with Crippen molar-refractivity contribution < 1.29 is 9.15 Å². The van der Waals surface area contributed by atoms with Crippen molar-refractivity contribution in [2.24, 2.45) is 0 Å². The van der Waals surface area contributed by atoms with Crippen LogP contribution < -0.4 is 10.6 Å². The van der Waals surface area contributed by atoms with Gasteiger partial charge in [0.05, 0.1) is 25.0 Å². The lowest BCUT2D eigenvalue weighted by Gasteiger charge is -2.29. The molecular formula is C21H19N5O2. The van der Waals surface area contributed by atoms with Gasteiger partial charge in [0, 0.05) is 42.8 Å². The molecule has 1 aliphatic heterocycles. The topological polar surface area (TPSA) is 90.3 Å². The first kappa shape index (κ1) is 16.7. The molecule has 7 heteroatoms. The molecule has 1 saturated heterocycles. The zero-order valence-electron chi connectivity index (χ0n) is 15.2. The largest absolute Gasteiger partial charge is 0.436 e. The highest BCUT2D eigenvalue weighted by atomic mass is 16.5. The molecule has 1 aliphatic rings. The van der Waals surface area contributed by atoms with E-state index in [0.29, 0.717) is 28.4 Å². The molecule has 28 heavy (non-hydrogen) atoms. The van der Waals surface area contributed by atoms with Crippen LogP contribution in [0.3, 0.4) is 0 Å². The lowest BCUT2D eigenvalue weighted by atomic mass is 10.0. The Labute approximate surface area is 161 Å². The van der Waals surface area contributed by atoms with Gasteiger partial charge in [0.2, 0.25) is 5.89 Å². The molecule has 4 aromatic rings. The molecule has 0 bridgehead atoms. The molecule has 7 nitrogen and oxygen atoms in total. The van der Waals surface area contributed by atoms with E-state index < -0.39 is 0 Å². The zero-order valence-corrected chi connectivity index (χ0v) is 15.2. The molecule has 140 valence electrons. The van der Waals surface area contributed by atoms with Crippen LogP contribution in [0, 0.1) is 0 Å². The molecule has 0 radical (unpaired) electrons. The molecule has 0 amide bonds. The van der Waals surface area contributed by atoms with Crippen LogP contribution in [0.15, 0.2) is 59.4 Å². The SMILES string of the molecule is Nc1ncc(-c2cccc(N3CCOCC3)c2)cc1-c1nc2cnccc2o1. The number of anilines is 2. The van der Waals surface area contributed by atoms with Crippen molar-refractivity contribution in [1.29, 1.82) is 0 Å². The number of nitrogens with zero attached hydrogens (tertiary/aromatic N) is 4. The van der Waals surface area contributed by atoms with Crippen molar-refractivity contribution in [3.05, 3.63) is 55.0 Å². The van der Waals surface area contributed by atoms with E-state index in [9.17, 15) is 0 Å². The van der Waals surface area contributed by atoms with Crippen LogP contribution in [0.1, 0.15) is 0 Å². The summed E-state index contributed by atoms with van der Waals surface area (Å²) in [7, 11) is 0. The summed E-state index contributed by atoms with van der Waals surface area (Å²) in [5.74, 6) is 0.826. The highest BCUT2D eigenvalue weighted by molar-refractivity contribution is 5.81. The highest BCUT2D eigenvalue weighted by Crippen LogP contribution is 2.32. The number of fused-ring (bicyclic) bond motifs is 1. The Kier molecular flexibility index (Phi) is 4.14. The molecule has 0 atom stereocenters. The third-order valence-corrected chi connectivity index (χ3v) is 4.89. The second-order valence-electron chi connectivity index (χ2n) is 6.67. The molecule has 0 saturated carbocycles. The lowest BCUT2D eigenvalue weighted by Crippen LogP contribution is -2.36. The van der Waals surface area contributed by atoms with Crippen LogP contribution in [0.4, 0.5) is 11.5 Å².